The van der Waals surface area contributed by atoms with Gasteiger partial charge in [-0.25, -0.2) is 9.78 Å². The monoisotopic (exact) mass is 430 g/mol. The van der Waals surface area contributed by atoms with Crippen LogP contribution in [-0.4, -0.2) is 41.5 Å². The lowest BCUT2D eigenvalue weighted by Crippen LogP contribution is -2.40. The summed E-state index contributed by atoms with van der Waals surface area (Å²) >= 11 is 0. The molecule has 0 atom stereocenters. The molecule has 1 aliphatic carbocycles. The van der Waals surface area contributed by atoms with Crippen LogP contribution in [0.1, 0.15) is 53.6 Å². The smallest absolute Gasteiger partial charge is 0.339 e. The summed E-state index contributed by atoms with van der Waals surface area (Å²) in [7, 11) is 0. The minimum Gasteiger partial charge on any atom is -0.465 e. The predicted octanol–water partition coefficient (Wildman–Crippen LogP) is 4.73. The first kappa shape index (κ1) is 20.5. The number of hydrogen-bond acceptors (Lipinski definition) is 5. The van der Waals surface area contributed by atoms with Crippen LogP contribution in [0, 0.1) is 5.92 Å². The molecule has 0 unspecified atom stereocenters. The molecule has 5 rings (SSSR count). The van der Waals surface area contributed by atoms with E-state index in [1.54, 1.807) is 11.2 Å². The molecule has 0 spiro atoms. The summed E-state index contributed by atoms with van der Waals surface area (Å²) in [5.74, 6) is 0.806. The van der Waals surface area contributed by atoms with E-state index in [9.17, 15) is 9.59 Å². The maximum absolute atomic E-state index is 13.2. The number of furan rings is 1. The fourth-order valence-electron chi connectivity index (χ4n) is 4.61. The Balaban J connectivity index is 1.43. The molecular weight excluding hydrogens is 404 g/mol. The Hall–Kier alpha value is -3.41. The van der Waals surface area contributed by atoms with E-state index in [0.29, 0.717) is 17.9 Å². The minimum absolute atomic E-state index is 0.126. The number of likely N-dealkylation sites (tertiary alicyclic amines) is 1. The van der Waals surface area contributed by atoms with Gasteiger partial charge in [-0.3, -0.25) is 4.79 Å². The average Bonchev–Trinajstić information content (AvgIpc) is 3.46. The van der Waals surface area contributed by atoms with Crippen LogP contribution >= 0.6 is 0 Å². The summed E-state index contributed by atoms with van der Waals surface area (Å²) < 4.78 is 11.0. The third kappa shape index (κ3) is 3.93. The average molecular weight is 431 g/mol. The third-order valence-electron chi connectivity index (χ3n) is 6.47. The van der Waals surface area contributed by atoms with Gasteiger partial charge in [-0.1, -0.05) is 25.1 Å². The van der Waals surface area contributed by atoms with Crippen LogP contribution in [0.3, 0.4) is 0 Å². The Morgan fingerprint density at radius 1 is 1.16 bits per heavy atom. The number of carbonyl (C=O) groups excluding carboxylic acids is 2. The molecule has 3 heterocycles. The first-order chi connectivity index (χ1) is 15.6. The fourth-order valence-corrected chi connectivity index (χ4v) is 4.61. The zero-order valence-electron chi connectivity index (χ0n) is 18.2. The first-order valence-corrected chi connectivity index (χ1v) is 11.2. The van der Waals surface area contributed by atoms with Gasteiger partial charge in [0.15, 0.2) is 6.61 Å². The number of hydrogen-bond donors (Lipinski definition) is 0. The van der Waals surface area contributed by atoms with Crippen molar-refractivity contribution < 1.29 is 18.7 Å². The van der Waals surface area contributed by atoms with E-state index in [4.69, 9.17) is 14.1 Å². The molecular formula is C26H26N2O4. The Bertz CT molecular complexity index is 1190. The molecule has 1 fully saturated rings. The van der Waals surface area contributed by atoms with Gasteiger partial charge < -0.3 is 14.1 Å². The van der Waals surface area contributed by atoms with Crippen molar-refractivity contribution in [2.24, 2.45) is 5.92 Å². The molecule has 164 valence electrons. The van der Waals surface area contributed by atoms with Crippen molar-refractivity contribution in [3.63, 3.8) is 0 Å². The first-order valence-electron chi connectivity index (χ1n) is 11.2. The second kappa shape index (κ2) is 8.61. The maximum atomic E-state index is 13.2. The fraction of sp³-hybridized carbons (Fsp3) is 0.346. The number of rotatable bonds is 4. The van der Waals surface area contributed by atoms with Gasteiger partial charge in [0, 0.05) is 18.5 Å². The highest BCUT2D eigenvalue weighted by molar-refractivity contribution is 6.07. The second-order valence-electron chi connectivity index (χ2n) is 8.66. The van der Waals surface area contributed by atoms with Gasteiger partial charge >= 0.3 is 5.97 Å². The zero-order valence-corrected chi connectivity index (χ0v) is 18.2. The highest BCUT2D eigenvalue weighted by Crippen LogP contribution is 2.37. The number of benzene rings is 1. The highest BCUT2D eigenvalue weighted by Gasteiger charge is 2.29. The maximum Gasteiger partial charge on any atom is 0.339 e. The van der Waals surface area contributed by atoms with Crippen LogP contribution in [0.4, 0.5) is 0 Å². The molecule has 3 aromatic rings. The van der Waals surface area contributed by atoms with Gasteiger partial charge in [-0.15, -0.1) is 0 Å². The molecule has 2 aliphatic rings. The van der Waals surface area contributed by atoms with Crippen molar-refractivity contribution in [2.75, 3.05) is 19.7 Å². The van der Waals surface area contributed by atoms with Gasteiger partial charge in [-0.2, -0.15) is 0 Å². The molecule has 1 saturated heterocycles. The van der Waals surface area contributed by atoms with E-state index < -0.39 is 5.97 Å². The summed E-state index contributed by atoms with van der Waals surface area (Å²) in [6.07, 6.45) is 7.06. The van der Waals surface area contributed by atoms with Crippen molar-refractivity contribution in [2.45, 2.75) is 32.6 Å². The molecule has 1 aliphatic heterocycles. The van der Waals surface area contributed by atoms with E-state index in [1.165, 1.54) is 0 Å². The van der Waals surface area contributed by atoms with Crippen molar-refractivity contribution >= 4 is 34.4 Å². The number of para-hydroxylation sites is 1. The number of pyridine rings is 1. The van der Waals surface area contributed by atoms with E-state index in [-0.39, 0.29) is 12.5 Å². The molecule has 0 saturated carbocycles. The molecule has 2 aromatic heterocycles. The van der Waals surface area contributed by atoms with Gasteiger partial charge in [-0.05, 0) is 67.0 Å². The number of ether oxygens (including phenoxy) is 1. The summed E-state index contributed by atoms with van der Waals surface area (Å²) in [6.45, 7) is 3.43. The number of fused-ring (bicyclic) bond motifs is 2. The molecule has 32 heavy (non-hydrogen) atoms. The number of aromatic nitrogens is 1. The van der Waals surface area contributed by atoms with Crippen molar-refractivity contribution in [1.82, 2.24) is 9.88 Å². The van der Waals surface area contributed by atoms with Crippen LogP contribution in [0.5, 0.6) is 0 Å². The lowest BCUT2D eigenvalue weighted by Gasteiger charge is -2.30. The molecule has 1 aromatic carbocycles. The van der Waals surface area contributed by atoms with E-state index in [0.717, 1.165) is 65.8 Å². The Morgan fingerprint density at radius 3 is 2.75 bits per heavy atom. The second-order valence-corrected chi connectivity index (χ2v) is 8.66. The van der Waals surface area contributed by atoms with Crippen molar-refractivity contribution in [3.05, 3.63) is 65.2 Å². The van der Waals surface area contributed by atoms with Gasteiger partial charge in [0.25, 0.3) is 5.91 Å². The van der Waals surface area contributed by atoms with E-state index in [2.05, 4.69) is 6.92 Å². The highest BCUT2D eigenvalue weighted by atomic mass is 16.5. The van der Waals surface area contributed by atoms with Gasteiger partial charge in [0.05, 0.1) is 23.0 Å². The van der Waals surface area contributed by atoms with Gasteiger partial charge in [0.2, 0.25) is 0 Å². The lowest BCUT2D eigenvalue weighted by atomic mass is 9.99. The molecule has 0 N–H and O–H groups in total. The van der Waals surface area contributed by atoms with Crippen molar-refractivity contribution in [3.8, 4) is 0 Å². The standard InChI is InChI=1S/C26H26N2O4/c1-17-10-12-28(13-11-17)23(29)16-32-26(30)24-20-6-2-3-7-22(20)27-25-18(8-9-21(24)25)15-19-5-4-14-31-19/h2-7,14-15,17H,8-13,16H2,1H3/b18-15+. The summed E-state index contributed by atoms with van der Waals surface area (Å²) in [5.41, 5.74) is 3.98. The molecule has 0 bridgehead atoms. The van der Waals surface area contributed by atoms with Crippen LogP contribution in [0.25, 0.3) is 22.6 Å². The Morgan fingerprint density at radius 2 is 1.97 bits per heavy atom. The number of allylic oxidation sites excluding steroid dienone is 1. The number of amides is 1. The van der Waals surface area contributed by atoms with Crippen LogP contribution in [0.2, 0.25) is 0 Å². The van der Waals surface area contributed by atoms with Crippen LogP contribution in [0.15, 0.2) is 47.1 Å². The number of nitrogens with zero attached hydrogens (tertiary/aromatic N) is 2. The Labute approximate surface area is 186 Å². The summed E-state index contributed by atoms with van der Waals surface area (Å²) in [5, 5.41) is 0.759. The largest absolute Gasteiger partial charge is 0.465 e. The minimum atomic E-state index is -0.460. The Kier molecular flexibility index (Phi) is 5.52. The zero-order chi connectivity index (χ0) is 22.1. The lowest BCUT2D eigenvalue weighted by molar-refractivity contribution is -0.135. The molecule has 1 amide bonds. The van der Waals surface area contributed by atoms with Crippen LogP contribution in [-0.2, 0) is 16.0 Å². The number of piperidine rings is 1. The molecule has 6 heteroatoms. The number of esters is 1. The van der Waals surface area contributed by atoms with Gasteiger partial charge in [0.1, 0.15) is 5.76 Å². The summed E-state index contributed by atoms with van der Waals surface area (Å²) in [4.78, 5) is 32.4. The quantitative estimate of drug-likeness (QED) is 0.560. The van der Waals surface area contributed by atoms with E-state index in [1.807, 2.05) is 42.5 Å². The summed E-state index contributed by atoms with van der Waals surface area (Å²) in [6, 6.07) is 11.3. The molecule has 6 nitrogen and oxygen atoms in total. The molecule has 0 radical (unpaired) electrons. The topological polar surface area (TPSA) is 72.6 Å². The van der Waals surface area contributed by atoms with Crippen molar-refractivity contribution in [1.29, 1.82) is 0 Å². The third-order valence-corrected chi connectivity index (χ3v) is 6.47. The number of carbonyl (C=O) groups is 2. The SMILES string of the molecule is CC1CCN(C(=O)COC(=O)c2c3c(nc4ccccc24)/C(=C/c2ccco2)CC3)CC1. The van der Waals surface area contributed by atoms with E-state index >= 15 is 0 Å². The van der Waals surface area contributed by atoms with Crippen LogP contribution < -0.4 is 0 Å². The predicted molar refractivity (Wildman–Crippen MR) is 122 cm³/mol. The normalized spacial score (nSPS) is 17.7.